The Morgan fingerprint density at radius 1 is 1.30 bits per heavy atom. The van der Waals surface area contributed by atoms with Crippen LogP contribution in [0.1, 0.15) is 50.4 Å². The van der Waals surface area contributed by atoms with Gasteiger partial charge >= 0.3 is 0 Å². The number of ether oxygens (including phenoxy) is 1. The van der Waals surface area contributed by atoms with E-state index >= 15 is 0 Å². The fourth-order valence-corrected chi connectivity index (χ4v) is 3.70. The normalized spacial score (nSPS) is 24.6. The molecule has 126 valence electrons. The smallest absolute Gasteiger partial charge is 0.257 e. The minimum atomic E-state index is -0.305. The number of pyridine rings is 1. The van der Waals surface area contributed by atoms with E-state index in [4.69, 9.17) is 4.74 Å². The minimum absolute atomic E-state index is 0.0535. The maximum atomic E-state index is 13.1. The molecule has 3 rings (SSSR count). The van der Waals surface area contributed by atoms with Crippen LogP contribution in [-0.2, 0) is 4.74 Å². The number of anilines is 1. The zero-order valence-electron chi connectivity index (χ0n) is 14.4. The summed E-state index contributed by atoms with van der Waals surface area (Å²) in [5.41, 5.74) is 0.417. The molecule has 0 radical (unpaired) electrons. The summed E-state index contributed by atoms with van der Waals surface area (Å²) in [6.45, 7) is 9.33. The van der Waals surface area contributed by atoms with E-state index in [1.165, 1.54) is 19.3 Å². The average Bonchev–Trinajstić information content (AvgIpc) is 2.53. The number of carbonyl (C=O) groups is 1. The van der Waals surface area contributed by atoms with Crippen LogP contribution < -0.4 is 4.90 Å². The van der Waals surface area contributed by atoms with Crippen molar-refractivity contribution in [2.24, 2.45) is 0 Å². The van der Waals surface area contributed by atoms with Gasteiger partial charge in [0, 0.05) is 32.4 Å². The predicted octanol–water partition coefficient (Wildman–Crippen LogP) is 2.71. The van der Waals surface area contributed by atoms with Crippen molar-refractivity contribution in [2.45, 2.75) is 51.7 Å². The molecule has 2 aliphatic heterocycles. The number of morpholine rings is 1. The molecular formula is C18H27N3O2. The lowest BCUT2D eigenvalue weighted by Gasteiger charge is -2.42. The molecule has 0 N–H and O–H groups in total. The van der Waals surface area contributed by atoms with Crippen molar-refractivity contribution in [1.82, 2.24) is 9.88 Å². The molecule has 1 amide bonds. The molecule has 2 fully saturated rings. The topological polar surface area (TPSA) is 45.7 Å². The molecule has 2 saturated heterocycles. The first-order valence-electron chi connectivity index (χ1n) is 8.63. The zero-order chi connectivity index (χ0) is 16.4. The average molecular weight is 317 g/mol. The molecule has 2 aliphatic rings. The highest BCUT2D eigenvalue weighted by Crippen LogP contribution is 2.26. The summed E-state index contributed by atoms with van der Waals surface area (Å²) in [5, 5.41) is 0. The number of carbonyl (C=O) groups excluding carboxylic acids is 1. The predicted molar refractivity (Wildman–Crippen MR) is 90.8 cm³/mol. The lowest BCUT2D eigenvalue weighted by Crippen LogP contribution is -2.54. The molecule has 23 heavy (non-hydrogen) atoms. The van der Waals surface area contributed by atoms with Crippen molar-refractivity contribution < 1.29 is 9.53 Å². The standard InChI is InChI=1S/C18H27N3O2/c1-14-12-21(13-18(2,3)23-14)17(22)15-8-7-9-19-16(15)20-10-5-4-6-11-20/h7-9,14H,4-6,10-13H2,1-3H3. The first kappa shape index (κ1) is 16.2. The number of aromatic nitrogens is 1. The Balaban J connectivity index is 1.84. The Kier molecular flexibility index (Phi) is 4.57. The van der Waals surface area contributed by atoms with Gasteiger partial charge in [0.05, 0.1) is 17.3 Å². The first-order chi connectivity index (χ1) is 11.0. The number of piperidine rings is 1. The third-order valence-electron chi connectivity index (χ3n) is 4.53. The molecule has 0 spiro atoms. The highest BCUT2D eigenvalue weighted by atomic mass is 16.5. The van der Waals surface area contributed by atoms with E-state index in [-0.39, 0.29) is 17.6 Å². The van der Waals surface area contributed by atoms with Crippen molar-refractivity contribution in [3.05, 3.63) is 23.9 Å². The Morgan fingerprint density at radius 3 is 2.74 bits per heavy atom. The summed E-state index contributed by atoms with van der Waals surface area (Å²) < 4.78 is 5.92. The van der Waals surface area contributed by atoms with E-state index in [1.54, 1.807) is 6.20 Å². The molecule has 0 bridgehead atoms. The minimum Gasteiger partial charge on any atom is -0.369 e. The van der Waals surface area contributed by atoms with Gasteiger partial charge < -0.3 is 14.5 Å². The third-order valence-corrected chi connectivity index (χ3v) is 4.53. The second kappa shape index (κ2) is 6.48. The SMILES string of the molecule is CC1CN(C(=O)c2cccnc2N2CCCCC2)CC(C)(C)O1. The molecule has 1 atom stereocenters. The Bertz CT molecular complexity index is 567. The molecule has 3 heterocycles. The van der Waals surface area contributed by atoms with Gasteiger partial charge in [0.2, 0.25) is 0 Å². The molecule has 5 heteroatoms. The monoisotopic (exact) mass is 317 g/mol. The number of hydrogen-bond donors (Lipinski definition) is 0. The lowest BCUT2D eigenvalue weighted by molar-refractivity contribution is -0.118. The second-order valence-electron chi connectivity index (χ2n) is 7.30. The van der Waals surface area contributed by atoms with Crippen LogP contribution in [0, 0.1) is 0 Å². The largest absolute Gasteiger partial charge is 0.369 e. The highest BCUT2D eigenvalue weighted by molar-refractivity contribution is 5.99. The fourth-order valence-electron chi connectivity index (χ4n) is 3.70. The van der Waals surface area contributed by atoms with E-state index in [1.807, 2.05) is 37.8 Å². The Labute approximate surface area is 138 Å². The number of rotatable bonds is 2. The van der Waals surface area contributed by atoms with Crippen LogP contribution in [0.25, 0.3) is 0 Å². The van der Waals surface area contributed by atoms with Gasteiger partial charge in [-0.15, -0.1) is 0 Å². The molecule has 0 aliphatic carbocycles. The maximum Gasteiger partial charge on any atom is 0.257 e. The summed E-state index contributed by atoms with van der Waals surface area (Å²) >= 11 is 0. The summed E-state index contributed by atoms with van der Waals surface area (Å²) in [6, 6.07) is 3.77. The highest BCUT2D eigenvalue weighted by Gasteiger charge is 2.35. The van der Waals surface area contributed by atoms with E-state index < -0.39 is 0 Å². The van der Waals surface area contributed by atoms with E-state index in [0.29, 0.717) is 13.1 Å². The summed E-state index contributed by atoms with van der Waals surface area (Å²) in [5.74, 6) is 0.913. The number of nitrogens with zero attached hydrogens (tertiary/aromatic N) is 3. The molecular weight excluding hydrogens is 290 g/mol. The molecule has 5 nitrogen and oxygen atoms in total. The van der Waals surface area contributed by atoms with Crippen molar-refractivity contribution in [3.8, 4) is 0 Å². The van der Waals surface area contributed by atoms with Gasteiger partial charge in [0.25, 0.3) is 5.91 Å². The van der Waals surface area contributed by atoms with Crippen LogP contribution >= 0.6 is 0 Å². The van der Waals surface area contributed by atoms with Gasteiger partial charge in [-0.2, -0.15) is 0 Å². The van der Waals surface area contributed by atoms with Gasteiger partial charge in [0.1, 0.15) is 5.82 Å². The van der Waals surface area contributed by atoms with Crippen molar-refractivity contribution in [2.75, 3.05) is 31.1 Å². The van der Waals surface area contributed by atoms with Crippen molar-refractivity contribution >= 4 is 11.7 Å². The second-order valence-corrected chi connectivity index (χ2v) is 7.30. The fraction of sp³-hybridized carbons (Fsp3) is 0.667. The van der Waals surface area contributed by atoms with Crippen molar-refractivity contribution in [3.63, 3.8) is 0 Å². The van der Waals surface area contributed by atoms with Crippen LogP contribution in [0.5, 0.6) is 0 Å². The van der Waals surface area contributed by atoms with Crippen molar-refractivity contribution in [1.29, 1.82) is 0 Å². The first-order valence-corrected chi connectivity index (χ1v) is 8.63. The van der Waals surface area contributed by atoms with Gasteiger partial charge in [-0.05, 0) is 52.2 Å². The van der Waals surface area contributed by atoms with Crippen LogP contribution in [0.15, 0.2) is 18.3 Å². The number of amides is 1. The molecule has 0 saturated carbocycles. The molecule has 1 aromatic rings. The summed E-state index contributed by atoms with van der Waals surface area (Å²) in [6.07, 6.45) is 5.45. The lowest BCUT2D eigenvalue weighted by atomic mass is 10.0. The van der Waals surface area contributed by atoms with Crippen LogP contribution in [0.4, 0.5) is 5.82 Å². The molecule has 1 aromatic heterocycles. The Hall–Kier alpha value is -1.62. The van der Waals surface area contributed by atoms with Gasteiger partial charge in [0.15, 0.2) is 0 Å². The Morgan fingerprint density at radius 2 is 2.04 bits per heavy atom. The quantitative estimate of drug-likeness (QED) is 0.841. The van der Waals surface area contributed by atoms with E-state index in [0.717, 1.165) is 24.5 Å². The molecule has 0 aromatic carbocycles. The molecule has 1 unspecified atom stereocenters. The van der Waals surface area contributed by atoms with Gasteiger partial charge in [-0.1, -0.05) is 0 Å². The maximum absolute atomic E-state index is 13.1. The van der Waals surface area contributed by atoms with E-state index in [9.17, 15) is 4.79 Å². The van der Waals surface area contributed by atoms with Crippen LogP contribution in [0.3, 0.4) is 0 Å². The van der Waals surface area contributed by atoms with Gasteiger partial charge in [-0.25, -0.2) is 4.98 Å². The van der Waals surface area contributed by atoms with Gasteiger partial charge in [-0.3, -0.25) is 4.79 Å². The zero-order valence-corrected chi connectivity index (χ0v) is 14.4. The van der Waals surface area contributed by atoms with Crippen LogP contribution in [-0.4, -0.2) is 53.7 Å². The summed E-state index contributed by atoms with van der Waals surface area (Å²) in [7, 11) is 0. The number of hydrogen-bond acceptors (Lipinski definition) is 4. The summed E-state index contributed by atoms with van der Waals surface area (Å²) in [4.78, 5) is 21.8. The van der Waals surface area contributed by atoms with Crippen LogP contribution in [0.2, 0.25) is 0 Å². The van der Waals surface area contributed by atoms with E-state index in [2.05, 4.69) is 9.88 Å². The third kappa shape index (κ3) is 3.66.